The molecule has 0 bridgehead atoms. The molecule has 20 heavy (non-hydrogen) atoms. The molecule has 0 radical (unpaired) electrons. The van der Waals surface area contributed by atoms with Crippen LogP contribution >= 0.6 is 0 Å². The van der Waals surface area contributed by atoms with E-state index in [1.54, 1.807) is 19.2 Å². The molecular weight excluding hydrogens is 256 g/mol. The summed E-state index contributed by atoms with van der Waals surface area (Å²) in [5.74, 6) is 1.24. The van der Waals surface area contributed by atoms with Crippen molar-refractivity contribution in [3.05, 3.63) is 52.5 Å². The summed E-state index contributed by atoms with van der Waals surface area (Å²) in [6.45, 7) is 3.76. The summed E-state index contributed by atoms with van der Waals surface area (Å²) in [6.07, 6.45) is 1.75. The van der Waals surface area contributed by atoms with Gasteiger partial charge in [-0.15, -0.1) is 0 Å². The van der Waals surface area contributed by atoms with Crippen LogP contribution in [-0.4, -0.2) is 24.6 Å². The third-order valence-corrected chi connectivity index (χ3v) is 3.07. The standard InChI is InChI=1S/C13H14N6O/c1-8(10-5-3-4-6-14-10)15-11-7-12-17-18-13(20)19(12)9(2)16-11/h3-8,15H,1-2H3,(H,18,20). The number of nitrogens with one attached hydrogen (secondary N) is 2. The van der Waals surface area contributed by atoms with Gasteiger partial charge in [-0.2, -0.15) is 5.10 Å². The average Bonchev–Trinajstić information content (AvgIpc) is 2.81. The molecule has 0 aliphatic rings. The van der Waals surface area contributed by atoms with Crippen molar-refractivity contribution in [3.8, 4) is 0 Å². The Labute approximate surface area is 114 Å². The highest BCUT2D eigenvalue weighted by molar-refractivity contribution is 5.50. The van der Waals surface area contributed by atoms with E-state index in [0.717, 1.165) is 5.69 Å². The van der Waals surface area contributed by atoms with Gasteiger partial charge in [0.15, 0.2) is 5.65 Å². The number of aromatic nitrogens is 5. The van der Waals surface area contributed by atoms with Gasteiger partial charge in [-0.05, 0) is 26.0 Å². The average molecular weight is 270 g/mol. The van der Waals surface area contributed by atoms with E-state index in [1.807, 2.05) is 25.1 Å². The van der Waals surface area contributed by atoms with Gasteiger partial charge in [0.2, 0.25) is 0 Å². The second-order valence-electron chi connectivity index (χ2n) is 4.53. The molecule has 0 aliphatic carbocycles. The van der Waals surface area contributed by atoms with Gasteiger partial charge in [-0.25, -0.2) is 19.3 Å². The first-order valence-electron chi connectivity index (χ1n) is 6.27. The molecule has 3 aromatic heterocycles. The van der Waals surface area contributed by atoms with E-state index >= 15 is 0 Å². The quantitative estimate of drug-likeness (QED) is 0.748. The van der Waals surface area contributed by atoms with Crippen molar-refractivity contribution in [3.63, 3.8) is 0 Å². The minimum Gasteiger partial charge on any atom is -0.362 e. The first kappa shape index (κ1) is 12.3. The zero-order chi connectivity index (χ0) is 14.1. The summed E-state index contributed by atoms with van der Waals surface area (Å²) in [6, 6.07) is 7.50. The second-order valence-corrected chi connectivity index (χ2v) is 4.53. The molecule has 3 aromatic rings. The van der Waals surface area contributed by atoms with Crippen molar-refractivity contribution < 1.29 is 0 Å². The highest BCUT2D eigenvalue weighted by Crippen LogP contribution is 2.16. The fraction of sp³-hybridized carbons (Fsp3) is 0.231. The van der Waals surface area contributed by atoms with E-state index in [4.69, 9.17) is 0 Å². The SMILES string of the molecule is Cc1nc(NC(C)c2ccccn2)cc2n[nH]c(=O)n12. The van der Waals surface area contributed by atoms with Crippen LogP contribution in [0.1, 0.15) is 24.5 Å². The molecule has 0 saturated heterocycles. The predicted octanol–water partition coefficient (Wildman–Crippen LogP) is 1.29. The normalized spacial score (nSPS) is 12.5. The topological polar surface area (TPSA) is 88.0 Å². The molecule has 1 unspecified atom stereocenters. The summed E-state index contributed by atoms with van der Waals surface area (Å²) >= 11 is 0. The lowest BCUT2D eigenvalue weighted by atomic mass is 10.2. The Hall–Kier alpha value is -2.70. The molecule has 0 aromatic carbocycles. The lowest BCUT2D eigenvalue weighted by Crippen LogP contribution is -2.15. The molecule has 3 heterocycles. The van der Waals surface area contributed by atoms with Gasteiger partial charge in [-0.3, -0.25) is 4.98 Å². The second kappa shape index (κ2) is 4.76. The number of aromatic amines is 1. The Morgan fingerprint density at radius 2 is 2.25 bits per heavy atom. The van der Waals surface area contributed by atoms with Gasteiger partial charge in [0.25, 0.3) is 0 Å². The maximum Gasteiger partial charge on any atom is 0.349 e. The lowest BCUT2D eigenvalue weighted by Gasteiger charge is -2.14. The summed E-state index contributed by atoms with van der Waals surface area (Å²) in [4.78, 5) is 20.2. The van der Waals surface area contributed by atoms with Crippen LogP contribution in [0.25, 0.3) is 5.65 Å². The van der Waals surface area contributed by atoms with Gasteiger partial charge in [0.05, 0.1) is 11.7 Å². The van der Waals surface area contributed by atoms with Gasteiger partial charge < -0.3 is 5.32 Å². The summed E-state index contributed by atoms with van der Waals surface area (Å²) in [5.41, 5.74) is 1.18. The number of hydrogen-bond acceptors (Lipinski definition) is 5. The van der Waals surface area contributed by atoms with Gasteiger partial charge in [0.1, 0.15) is 11.6 Å². The van der Waals surface area contributed by atoms with Gasteiger partial charge in [-0.1, -0.05) is 6.07 Å². The number of nitrogens with zero attached hydrogens (tertiary/aromatic N) is 4. The Balaban J connectivity index is 1.93. The Kier molecular flexibility index (Phi) is 2.94. The number of rotatable bonds is 3. The number of anilines is 1. The van der Waals surface area contributed by atoms with Gasteiger partial charge >= 0.3 is 5.69 Å². The van der Waals surface area contributed by atoms with Crippen molar-refractivity contribution >= 4 is 11.5 Å². The van der Waals surface area contributed by atoms with Crippen LogP contribution in [0, 0.1) is 6.92 Å². The maximum atomic E-state index is 11.5. The Morgan fingerprint density at radius 3 is 3.00 bits per heavy atom. The fourth-order valence-corrected chi connectivity index (χ4v) is 2.10. The van der Waals surface area contributed by atoms with Crippen molar-refractivity contribution in [2.75, 3.05) is 5.32 Å². The number of H-pyrrole nitrogens is 1. The van der Waals surface area contributed by atoms with Crippen molar-refractivity contribution in [2.24, 2.45) is 0 Å². The molecule has 0 amide bonds. The predicted molar refractivity (Wildman–Crippen MR) is 74.6 cm³/mol. The van der Waals surface area contributed by atoms with Gasteiger partial charge in [0, 0.05) is 12.3 Å². The van der Waals surface area contributed by atoms with Crippen LogP contribution in [0.15, 0.2) is 35.3 Å². The first-order valence-corrected chi connectivity index (χ1v) is 6.27. The number of pyridine rings is 1. The minimum absolute atomic E-state index is 0.0104. The highest BCUT2D eigenvalue weighted by Gasteiger charge is 2.10. The van der Waals surface area contributed by atoms with E-state index in [0.29, 0.717) is 17.3 Å². The van der Waals surface area contributed by atoms with Crippen molar-refractivity contribution in [1.29, 1.82) is 0 Å². The van der Waals surface area contributed by atoms with Crippen LogP contribution in [0.2, 0.25) is 0 Å². The zero-order valence-electron chi connectivity index (χ0n) is 11.2. The first-order chi connectivity index (χ1) is 9.65. The van der Waals surface area contributed by atoms with Crippen LogP contribution in [0.4, 0.5) is 5.82 Å². The van der Waals surface area contributed by atoms with Crippen LogP contribution < -0.4 is 11.0 Å². The monoisotopic (exact) mass is 270 g/mol. The number of hydrogen-bond donors (Lipinski definition) is 2. The molecule has 2 N–H and O–H groups in total. The lowest BCUT2D eigenvalue weighted by molar-refractivity contribution is 0.824. The van der Waals surface area contributed by atoms with Crippen molar-refractivity contribution in [1.82, 2.24) is 24.6 Å². The molecule has 3 rings (SSSR count). The third kappa shape index (κ3) is 2.13. The Bertz CT molecular complexity index is 791. The van der Waals surface area contributed by atoms with E-state index in [1.165, 1.54) is 4.40 Å². The zero-order valence-corrected chi connectivity index (χ0v) is 11.2. The molecule has 102 valence electrons. The van der Waals surface area contributed by atoms with Crippen LogP contribution in [0.5, 0.6) is 0 Å². The third-order valence-electron chi connectivity index (χ3n) is 3.07. The van der Waals surface area contributed by atoms with Crippen molar-refractivity contribution in [2.45, 2.75) is 19.9 Å². The van der Waals surface area contributed by atoms with E-state index in [-0.39, 0.29) is 11.7 Å². The molecule has 7 nitrogen and oxygen atoms in total. The number of aryl methyl sites for hydroxylation is 1. The Morgan fingerprint density at radius 1 is 1.40 bits per heavy atom. The molecular formula is C13H14N6O. The van der Waals surface area contributed by atoms with E-state index in [9.17, 15) is 4.79 Å². The summed E-state index contributed by atoms with van der Waals surface area (Å²) in [5, 5.41) is 9.61. The largest absolute Gasteiger partial charge is 0.362 e. The minimum atomic E-state index is -0.283. The van der Waals surface area contributed by atoms with E-state index in [2.05, 4.69) is 25.5 Å². The molecule has 0 spiro atoms. The summed E-state index contributed by atoms with van der Waals surface area (Å²) < 4.78 is 1.43. The summed E-state index contributed by atoms with van der Waals surface area (Å²) in [7, 11) is 0. The smallest absolute Gasteiger partial charge is 0.349 e. The van der Waals surface area contributed by atoms with Crippen LogP contribution in [-0.2, 0) is 0 Å². The highest BCUT2D eigenvalue weighted by atomic mass is 16.1. The molecule has 1 atom stereocenters. The number of fused-ring (bicyclic) bond motifs is 1. The maximum absolute atomic E-state index is 11.5. The molecule has 0 aliphatic heterocycles. The molecule has 0 saturated carbocycles. The molecule has 0 fully saturated rings. The molecule has 7 heteroatoms. The van der Waals surface area contributed by atoms with Crippen LogP contribution in [0.3, 0.4) is 0 Å². The van der Waals surface area contributed by atoms with E-state index < -0.39 is 0 Å². The fourth-order valence-electron chi connectivity index (χ4n) is 2.10.